The number of nitrogens with one attached hydrogen (secondary N) is 1. The minimum atomic E-state index is -0.201. The molecule has 0 bridgehead atoms. The van der Waals surface area contributed by atoms with E-state index >= 15 is 0 Å². The highest BCUT2D eigenvalue weighted by molar-refractivity contribution is 6.11. The first-order valence-corrected chi connectivity index (χ1v) is 10.4. The molecule has 5 heteroatoms. The molecule has 2 saturated carbocycles. The molecule has 1 aromatic heterocycles. The summed E-state index contributed by atoms with van der Waals surface area (Å²) < 4.78 is 5.67. The number of aromatic amines is 1. The molecule has 1 N–H and O–H groups in total. The number of hydrogen-bond donors (Lipinski definition) is 1. The van der Waals surface area contributed by atoms with Crippen LogP contribution < -0.4 is 4.74 Å². The molecule has 1 spiro atoms. The summed E-state index contributed by atoms with van der Waals surface area (Å²) in [5.74, 6) is 1.64. The van der Waals surface area contributed by atoms with Crippen molar-refractivity contribution >= 4 is 17.3 Å². The van der Waals surface area contributed by atoms with Crippen molar-refractivity contribution in [2.24, 2.45) is 16.3 Å². The fourth-order valence-corrected chi connectivity index (χ4v) is 5.81. The lowest BCUT2D eigenvalue weighted by atomic mass is 9.58. The zero-order valence-electron chi connectivity index (χ0n) is 16.6. The SMILES string of the molecule is COc1ccccc1C1c2c(n[nH]c2C)N=C2CC3(CCCCC3)CC(=O)C21. The van der Waals surface area contributed by atoms with Crippen LogP contribution >= 0.6 is 0 Å². The van der Waals surface area contributed by atoms with Crippen LogP contribution in [-0.2, 0) is 4.79 Å². The summed E-state index contributed by atoms with van der Waals surface area (Å²) >= 11 is 0. The largest absolute Gasteiger partial charge is 0.496 e. The highest BCUT2D eigenvalue weighted by Gasteiger charge is 2.50. The number of nitrogens with zero attached hydrogens (tertiary/aromatic N) is 2. The number of carbonyl (C=O) groups excluding carboxylic acids is 1. The number of para-hydroxylation sites is 1. The number of Topliss-reactive ketones (excluding diaryl/α,β-unsaturated/α-hetero) is 1. The van der Waals surface area contributed by atoms with Crippen molar-refractivity contribution in [1.29, 1.82) is 0 Å². The van der Waals surface area contributed by atoms with E-state index in [1.807, 2.05) is 25.1 Å². The number of rotatable bonds is 2. The highest BCUT2D eigenvalue weighted by Crippen LogP contribution is 2.54. The number of fused-ring (bicyclic) bond motifs is 2. The minimum absolute atomic E-state index is 0.0779. The fraction of sp³-hybridized carbons (Fsp3) is 0.522. The molecule has 28 heavy (non-hydrogen) atoms. The highest BCUT2D eigenvalue weighted by atomic mass is 16.5. The zero-order valence-corrected chi connectivity index (χ0v) is 16.6. The van der Waals surface area contributed by atoms with E-state index in [9.17, 15) is 4.79 Å². The molecule has 0 amide bonds. The molecule has 0 radical (unpaired) electrons. The number of H-pyrrole nitrogens is 1. The first-order chi connectivity index (χ1) is 13.6. The van der Waals surface area contributed by atoms with E-state index in [0.29, 0.717) is 12.2 Å². The van der Waals surface area contributed by atoms with Gasteiger partial charge in [0, 0.05) is 34.9 Å². The van der Waals surface area contributed by atoms with Gasteiger partial charge in [-0.3, -0.25) is 9.89 Å². The molecule has 0 saturated heterocycles. The second-order valence-corrected chi connectivity index (χ2v) is 8.77. The average molecular weight is 377 g/mol. The van der Waals surface area contributed by atoms with Crippen molar-refractivity contribution in [2.75, 3.05) is 7.11 Å². The van der Waals surface area contributed by atoms with Crippen molar-refractivity contribution < 1.29 is 9.53 Å². The van der Waals surface area contributed by atoms with E-state index in [1.54, 1.807) is 7.11 Å². The molecule has 2 fully saturated rings. The van der Waals surface area contributed by atoms with Gasteiger partial charge in [0.25, 0.3) is 0 Å². The summed E-state index contributed by atoms with van der Waals surface area (Å²) in [5, 5.41) is 7.58. The summed E-state index contributed by atoms with van der Waals surface area (Å²) in [6, 6.07) is 8.06. The van der Waals surface area contributed by atoms with Gasteiger partial charge >= 0.3 is 0 Å². The Hall–Kier alpha value is -2.43. The Bertz CT molecular complexity index is 953. The van der Waals surface area contributed by atoms with E-state index < -0.39 is 0 Å². The Balaban J connectivity index is 1.65. The summed E-state index contributed by atoms with van der Waals surface area (Å²) in [5.41, 5.74) is 4.25. The monoisotopic (exact) mass is 377 g/mol. The molecule has 3 aliphatic rings. The van der Waals surface area contributed by atoms with Crippen molar-refractivity contribution in [2.45, 2.75) is 57.8 Å². The molecule has 2 aromatic rings. The lowest BCUT2D eigenvalue weighted by Crippen LogP contribution is -2.45. The smallest absolute Gasteiger partial charge is 0.177 e. The predicted molar refractivity (Wildman–Crippen MR) is 109 cm³/mol. The van der Waals surface area contributed by atoms with Crippen LogP contribution in [0.2, 0.25) is 0 Å². The minimum Gasteiger partial charge on any atom is -0.496 e. The second-order valence-electron chi connectivity index (χ2n) is 8.77. The number of aryl methyl sites for hydroxylation is 1. The van der Waals surface area contributed by atoms with Gasteiger partial charge in [0.2, 0.25) is 0 Å². The molecule has 2 unspecified atom stereocenters. The number of hydrogen-bond acceptors (Lipinski definition) is 4. The average Bonchev–Trinajstić information content (AvgIpc) is 3.07. The van der Waals surface area contributed by atoms with Crippen LogP contribution in [0.15, 0.2) is 29.3 Å². The van der Waals surface area contributed by atoms with Crippen molar-refractivity contribution in [3.8, 4) is 5.75 Å². The number of carbonyl (C=O) groups is 1. The van der Waals surface area contributed by atoms with Crippen LogP contribution in [0.5, 0.6) is 5.75 Å². The Morgan fingerprint density at radius 2 is 1.89 bits per heavy atom. The van der Waals surface area contributed by atoms with Gasteiger partial charge in [-0.25, -0.2) is 4.99 Å². The molecule has 2 atom stereocenters. The first-order valence-electron chi connectivity index (χ1n) is 10.4. The molecule has 2 aliphatic carbocycles. The summed E-state index contributed by atoms with van der Waals surface area (Å²) in [6.45, 7) is 2.02. The predicted octanol–water partition coefficient (Wildman–Crippen LogP) is 4.87. The van der Waals surface area contributed by atoms with E-state index in [0.717, 1.165) is 53.4 Å². The summed E-state index contributed by atoms with van der Waals surface area (Å²) in [4.78, 5) is 18.5. The fourth-order valence-electron chi connectivity index (χ4n) is 5.81. The number of ketones is 1. The third kappa shape index (κ3) is 2.63. The van der Waals surface area contributed by atoms with Gasteiger partial charge in [0.15, 0.2) is 5.82 Å². The van der Waals surface area contributed by atoms with E-state index in [1.165, 1.54) is 19.3 Å². The van der Waals surface area contributed by atoms with Crippen LogP contribution in [0.3, 0.4) is 0 Å². The van der Waals surface area contributed by atoms with E-state index in [-0.39, 0.29) is 17.3 Å². The first kappa shape index (κ1) is 17.7. The topological polar surface area (TPSA) is 67.3 Å². The molecule has 2 heterocycles. The van der Waals surface area contributed by atoms with Gasteiger partial charge < -0.3 is 4.74 Å². The third-order valence-corrected chi connectivity index (χ3v) is 7.07. The van der Waals surface area contributed by atoms with Crippen molar-refractivity contribution in [1.82, 2.24) is 10.2 Å². The van der Waals surface area contributed by atoms with Crippen molar-refractivity contribution in [3.05, 3.63) is 41.1 Å². The quantitative estimate of drug-likeness (QED) is 0.811. The van der Waals surface area contributed by atoms with Gasteiger partial charge in [0.05, 0.1) is 13.0 Å². The Morgan fingerprint density at radius 1 is 1.11 bits per heavy atom. The number of ether oxygens (including phenoxy) is 1. The summed E-state index contributed by atoms with van der Waals surface area (Å²) in [6.07, 6.45) is 7.67. The van der Waals surface area contributed by atoms with Crippen LogP contribution in [0.1, 0.15) is 67.7 Å². The van der Waals surface area contributed by atoms with Crippen LogP contribution in [0.4, 0.5) is 5.82 Å². The number of aliphatic imine (C=N–C) groups is 1. The number of methoxy groups -OCH3 is 1. The van der Waals surface area contributed by atoms with Crippen LogP contribution in [-0.4, -0.2) is 28.8 Å². The Labute approximate surface area is 165 Å². The second kappa shape index (κ2) is 6.57. The van der Waals surface area contributed by atoms with Gasteiger partial charge in [-0.15, -0.1) is 0 Å². The standard InChI is InChI=1S/C23H27N3O2/c1-14-19-20(15-8-4-5-9-18(15)28-2)21-16(24-22(19)26-25-14)12-23(13-17(21)27)10-6-3-7-11-23/h4-5,8-9,20-21H,3,6-7,10-13H2,1-2H3,(H,25,26). The van der Waals surface area contributed by atoms with Gasteiger partial charge in [-0.1, -0.05) is 37.5 Å². The maximum Gasteiger partial charge on any atom is 0.177 e. The molecular formula is C23H27N3O2. The Kier molecular flexibility index (Phi) is 4.14. The van der Waals surface area contributed by atoms with Crippen LogP contribution in [0, 0.1) is 18.3 Å². The Morgan fingerprint density at radius 3 is 2.68 bits per heavy atom. The number of benzene rings is 1. The maximum absolute atomic E-state index is 13.6. The molecule has 5 nitrogen and oxygen atoms in total. The lowest BCUT2D eigenvalue weighted by Gasteiger charge is -2.45. The molecule has 1 aliphatic heterocycles. The molecule has 5 rings (SSSR count). The van der Waals surface area contributed by atoms with Crippen molar-refractivity contribution in [3.63, 3.8) is 0 Å². The van der Waals surface area contributed by atoms with Gasteiger partial charge in [-0.2, -0.15) is 5.10 Å². The maximum atomic E-state index is 13.6. The lowest BCUT2D eigenvalue weighted by molar-refractivity contribution is -0.125. The van der Waals surface area contributed by atoms with Gasteiger partial charge in [0.1, 0.15) is 11.5 Å². The third-order valence-electron chi connectivity index (χ3n) is 7.07. The van der Waals surface area contributed by atoms with E-state index in [4.69, 9.17) is 9.73 Å². The number of aromatic nitrogens is 2. The normalized spacial score (nSPS) is 25.8. The van der Waals surface area contributed by atoms with E-state index in [2.05, 4.69) is 16.3 Å². The molecule has 146 valence electrons. The molecule has 1 aromatic carbocycles. The van der Waals surface area contributed by atoms with Crippen LogP contribution in [0.25, 0.3) is 0 Å². The zero-order chi connectivity index (χ0) is 19.3. The van der Waals surface area contributed by atoms with Gasteiger partial charge in [-0.05, 0) is 37.7 Å². The molecular weight excluding hydrogens is 350 g/mol. The summed E-state index contributed by atoms with van der Waals surface area (Å²) in [7, 11) is 1.69.